The highest BCUT2D eigenvalue weighted by atomic mass is 35.5. The van der Waals surface area contributed by atoms with Gasteiger partial charge in [0.2, 0.25) is 5.91 Å². The summed E-state index contributed by atoms with van der Waals surface area (Å²) < 4.78 is 34.4. The Morgan fingerprint density at radius 1 is 1.21 bits per heavy atom. The minimum absolute atomic E-state index is 0.199. The fourth-order valence-corrected chi connectivity index (χ4v) is 5.39. The van der Waals surface area contributed by atoms with Crippen LogP contribution in [0.3, 0.4) is 0 Å². The van der Waals surface area contributed by atoms with Gasteiger partial charge in [-0.2, -0.15) is 0 Å². The van der Waals surface area contributed by atoms with Gasteiger partial charge < -0.3 is 25.2 Å². The van der Waals surface area contributed by atoms with Crippen LogP contribution in [0.1, 0.15) is 24.4 Å². The molecule has 10 nitrogen and oxygen atoms in total. The maximum absolute atomic E-state index is 14.9. The molecule has 2 N–H and O–H groups in total. The molecule has 13 heteroatoms. The molecule has 0 aliphatic carbocycles. The molecule has 0 radical (unpaired) electrons. The number of halogens is 3. The normalized spacial score (nSPS) is 18.5. The number of benzene rings is 2. The fourth-order valence-electron chi connectivity index (χ4n) is 5.21. The van der Waals surface area contributed by atoms with Crippen molar-refractivity contribution in [2.45, 2.75) is 24.9 Å². The molecule has 0 saturated carbocycles. The number of hydrogen-bond acceptors (Lipinski definition) is 9. The molecular weight excluding hydrogens is 568 g/mol. The second kappa shape index (κ2) is 12.5. The largest absolute Gasteiger partial charge is 0.494 e. The van der Waals surface area contributed by atoms with Crippen molar-refractivity contribution in [2.75, 3.05) is 61.5 Å². The molecule has 3 aromatic rings. The molecule has 222 valence electrons. The van der Waals surface area contributed by atoms with Gasteiger partial charge in [-0.1, -0.05) is 24.2 Å². The summed E-state index contributed by atoms with van der Waals surface area (Å²) in [5, 5.41) is 7.05. The second-order valence-electron chi connectivity index (χ2n) is 10.2. The number of ether oxygens (including phenoxy) is 1. The molecule has 0 spiro atoms. The summed E-state index contributed by atoms with van der Waals surface area (Å²) in [4.78, 5) is 31.2. The number of likely N-dealkylation sites (N-methyl/N-ethyl adjacent to an activating group) is 1. The van der Waals surface area contributed by atoms with Crippen LogP contribution in [-0.2, 0) is 9.63 Å². The van der Waals surface area contributed by atoms with E-state index in [2.05, 4.69) is 51.1 Å². The molecule has 2 saturated heterocycles. The highest BCUT2D eigenvalue weighted by Gasteiger charge is 2.33. The Kier molecular flexibility index (Phi) is 8.76. The average molecular weight is 600 g/mol. The summed E-state index contributed by atoms with van der Waals surface area (Å²) in [6.07, 6.45) is 3.99. The monoisotopic (exact) mass is 599 g/mol. The van der Waals surface area contributed by atoms with Crippen LogP contribution in [0.5, 0.6) is 5.75 Å². The van der Waals surface area contributed by atoms with Crippen LogP contribution in [0.15, 0.2) is 49.3 Å². The van der Waals surface area contributed by atoms with Gasteiger partial charge in [-0.25, -0.2) is 23.8 Å². The number of hydrogen-bond donors (Lipinski definition) is 2. The van der Waals surface area contributed by atoms with Gasteiger partial charge in [0, 0.05) is 43.2 Å². The van der Waals surface area contributed by atoms with Crippen LogP contribution in [0.4, 0.5) is 37.5 Å². The van der Waals surface area contributed by atoms with Crippen LogP contribution in [-0.4, -0.2) is 67.7 Å². The first-order valence-electron chi connectivity index (χ1n) is 13.4. The van der Waals surface area contributed by atoms with Gasteiger partial charge in [0.15, 0.2) is 5.82 Å². The lowest BCUT2D eigenvalue weighted by atomic mass is 10.0. The van der Waals surface area contributed by atoms with Gasteiger partial charge in [-0.15, -0.1) is 0 Å². The molecule has 2 aliphatic heterocycles. The summed E-state index contributed by atoms with van der Waals surface area (Å²) in [6.45, 7) is 5.50. The van der Waals surface area contributed by atoms with Crippen LogP contribution < -0.4 is 25.3 Å². The van der Waals surface area contributed by atoms with Crippen molar-refractivity contribution in [3.63, 3.8) is 0 Å². The van der Waals surface area contributed by atoms with E-state index < -0.39 is 22.7 Å². The quantitative estimate of drug-likeness (QED) is 0.251. The summed E-state index contributed by atoms with van der Waals surface area (Å²) >= 11 is 5.83. The van der Waals surface area contributed by atoms with Gasteiger partial charge in [-0.3, -0.25) is 9.63 Å². The molecule has 2 aliphatic rings. The zero-order valence-electron chi connectivity index (χ0n) is 23.5. The second-order valence-corrected chi connectivity index (χ2v) is 10.6. The average Bonchev–Trinajstić information content (AvgIpc) is 3.67. The van der Waals surface area contributed by atoms with Crippen LogP contribution in [0, 0.1) is 11.6 Å². The van der Waals surface area contributed by atoms with Gasteiger partial charge >= 0.3 is 0 Å². The fraction of sp³-hybridized carbons (Fsp3) is 0.345. The summed E-state index contributed by atoms with van der Waals surface area (Å²) in [5.41, 5.74) is 2.16. The van der Waals surface area contributed by atoms with Crippen LogP contribution >= 0.6 is 11.6 Å². The molecule has 42 heavy (non-hydrogen) atoms. The van der Waals surface area contributed by atoms with Crippen molar-refractivity contribution in [3.8, 4) is 5.75 Å². The summed E-state index contributed by atoms with van der Waals surface area (Å²) in [7, 11) is 5.67. The first kappa shape index (κ1) is 29.5. The van der Waals surface area contributed by atoms with Crippen molar-refractivity contribution < 1.29 is 23.1 Å². The lowest BCUT2D eigenvalue weighted by Gasteiger charge is -2.26. The zero-order chi connectivity index (χ0) is 30.0. The molecule has 5 rings (SSSR count). The third kappa shape index (κ3) is 5.96. The van der Waals surface area contributed by atoms with Crippen molar-refractivity contribution in [1.29, 1.82) is 0 Å². The van der Waals surface area contributed by atoms with E-state index >= 15 is 0 Å². The van der Waals surface area contributed by atoms with Gasteiger partial charge in [0.25, 0.3) is 0 Å². The van der Waals surface area contributed by atoms with E-state index in [0.717, 1.165) is 31.3 Å². The number of rotatable bonds is 9. The lowest BCUT2D eigenvalue weighted by Crippen LogP contribution is -2.31. The van der Waals surface area contributed by atoms with Gasteiger partial charge in [-0.05, 0) is 38.7 Å². The number of carbonyl (C=O) groups is 1. The van der Waals surface area contributed by atoms with E-state index in [0.29, 0.717) is 47.8 Å². The van der Waals surface area contributed by atoms with Crippen molar-refractivity contribution in [3.05, 3.63) is 71.5 Å². The number of nitrogens with one attached hydrogen (secondary N) is 2. The number of anilines is 5. The number of hydroxylamine groups is 1. The van der Waals surface area contributed by atoms with E-state index in [1.807, 2.05) is 6.07 Å². The number of nitrogens with zero attached hydrogens (tertiary/aromatic N) is 5. The standard InChI is InChI=1S/C29H32ClF2N7O3/c1-5-27(40)36-20-12-21(24(41-4)13-23(20)38-10-8-17(15-38)37(2)3)35-25-14-26(34-16-33-25)39-22(9-11-42-39)18-6-7-19(31)28(30)29(18)32/h5-7,12-14,16-17,22H,1,8-11,15H2,2-4H3,(H,36,40)(H,33,34,35)/t17-,22-/m1/s1. The smallest absolute Gasteiger partial charge is 0.247 e. The van der Waals surface area contributed by atoms with E-state index in [4.69, 9.17) is 21.2 Å². The number of methoxy groups -OCH3 is 1. The number of aromatic nitrogens is 2. The molecule has 2 aromatic carbocycles. The van der Waals surface area contributed by atoms with E-state index in [9.17, 15) is 13.6 Å². The third-order valence-electron chi connectivity index (χ3n) is 7.47. The Balaban J connectivity index is 1.45. The SMILES string of the molecule is C=CC(=O)Nc1cc(Nc2cc(N3OCC[C@@H]3c3ccc(F)c(Cl)c3F)ncn2)c(OC)cc1N1CC[C@@H](N(C)C)C1. The predicted molar refractivity (Wildman–Crippen MR) is 159 cm³/mol. The minimum atomic E-state index is -0.835. The molecule has 2 atom stereocenters. The number of amides is 1. The first-order valence-corrected chi connectivity index (χ1v) is 13.8. The minimum Gasteiger partial charge on any atom is -0.494 e. The Hall–Kier alpha value is -4.00. The van der Waals surface area contributed by atoms with Crippen LogP contribution in [0.25, 0.3) is 0 Å². The molecule has 0 bridgehead atoms. The summed E-state index contributed by atoms with van der Waals surface area (Å²) in [5.74, 6) is -0.717. The predicted octanol–water partition coefficient (Wildman–Crippen LogP) is 5.31. The summed E-state index contributed by atoms with van der Waals surface area (Å²) in [6, 6.07) is 7.59. The van der Waals surface area contributed by atoms with Crippen molar-refractivity contribution in [2.24, 2.45) is 0 Å². The molecular formula is C29H32ClF2N7O3. The van der Waals surface area contributed by atoms with E-state index in [1.165, 1.54) is 23.5 Å². The zero-order valence-corrected chi connectivity index (χ0v) is 24.3. The molecule has 0 unspecified atom stereocenters. The molecule has 1 aromatic heterocycles. The first-order chi connectivity index (χ1) is 20.2. The van der Waals surface area contributed by atoms with E-state index in [-0.39, 0.29) is 11.5 Å². The molecule has 3 heterocycles. The Labute approximate surface area is 247 Å². The number of carbonyl (C=O) groups excluding carboxylic acids is 1. The molecule has 2 fully saturated rings. The highest BCUT2D eigenvalue weighted by molar-refractivity contribution is 6.31. The maximum Gasteiger partial charge on any atom is 0.247 e. The van der Waals surface area contributed by atoms with Crippen molar-refractivity contribution in [1.82, 2.24) is 14.9 Å². The van der Waals surface area contributed by atoms with Gasteiger partial charge in [0.1, 0.15) is 34.6 Å². The Morgan fingerprint density at radius 2 is 2.02 bits per heavy atom. The Morgan fingerprint density at radius 3 is 2.74 bits per heavy atom. The van der Waals surface area contributed by atoms with Gasteiger partial charge in [0.05, 0.1) is 36.8 Å². The maximum atomic E-state index is 14.9. The molecule has 1 amide bonds. The highest BCUT2D eigenvalue weighted by Crippen LogP contribution is 2.41. The van der Waals surface area contributed by atoms with E-state index in [1.54, 1.807) is 19.2 Å². The Bertz CT molecular complexity index is 1490. The van der Waals surface area contributed by atoms with Crippen molar-refractivity contribution >= 4 is 46.2 Å². The lowest BCUT2D eigenvalue weighted by molar-refractivity contribution is -0.111. The van der Waals surface area contributed by atoms with Crippen LogP contribution in [0.2, 0.25) is 5.02 Å². The topological polar surface area (TPSA) is 95.1 Å². The third-order valence-corrected chi connectivity index (χ3v) is 7.81.